The molecule has 1 rings (SSSR count). The highest BCUT2D eigenvalue weighted by atomic mass is 19.1. The van der Waals surface area contributed by atoms with Crippen LogP contribution in [0.5, 0.6) is 0 Å². The molecule has 0 amide bonds. The third kappa shape index (κ3) is 2.00. The molecule has 0 atom stereocenters. The van der Waals surface area contributed by atoms with Crippen LogP contribution in [0.25, 0.3) is 0 Å². The fourth-order valence-corrected chi connectivity index (χ4v) is 1.11. The molecule has 72 valence electrons. The molecule has 1 nitrogen and oxygen atoms in total. The number of methoxy groups -OCH3 is 1. The van der Waals surface area contributed by atoms with Gasteiger partial charge in [0.05, 0.1) is 7.11 Å². The first-order valence-corrected chi connectivity index (χ1v) is 4.29. The summed E-state index contributed by atoms with van der Waals surface area (Å²) in [7, 11) is 1.47. The van der Waals surface area contributed by atoms with Crippen LogP contribution in [0.1, 0.15) is 20.8 Å². The summed E-state index contributed by atoms with van der Waals surface area (Å²) < 4.78 is 18.2. The molecule has 0 saturated carbocycles. The summed E-state index contributed by atoms with van der Waals surface area (Å²) in [5.74, 6) is -0.00764. The van der Waals surface area contributed by atoms with Gasteiger partial charge < -0.3 is 4.74 Å². The van der Waals surface area contributed by atoms with Crippen molar-refractivity contribution < 1.29 is 9.13 Å². The summed E-state index contributed by atoms with van der Waals surface area (Å²) in [5.41, 5.74) is 0.894. The van der Waals surface area contributed by atoms with E-state index in [1.807, 2.05) is 26.8 Å². The van der Waals surface area contributed by atoms with Gasteiger partial charge in [0.25, 0.3) is 0 Å². The molecule has 0 fully saturated rings. The molecule has 0 aromatic heterocycles. The van der Waals surface area contributed by atoms with E-state index in [-0.39, 0.29) is 11.2 Å². The van der Waals surface area contributed by atoms with Crippen molar-refractivity contribution in [3.05, 3.63) is 35.4 Å². The summed E-state index contributed by atoms with van der Waals surface area (Å²) in [6, 6.07) is 0. The second-order valence-corrected chi connectivity index (χ2v) is 3.80. The van der Waals surface area contributed by atoms with Gasteiger partial charge in [-0.3, -0.25) is 0 Å². The van der Waals surface area contributed by atoms with Crippen molar-refractivity contribution in [2.75, 3.05) is 7.11 Å². The number of rotatable bonds is 1. The Morgan fingerprint density at radius 2 is 2.00 bits per heavy atom. The van der Waals surface area contributed by atoms with Crippen molar-refractivity contribution in [2.45, 2.75) is 20.8 Å². The smallest absolute Gasteiger partial charge is 0.165 e. The summed E-state index contributed by atoms with van der Waals surface area (Å²) >= 11 is 0. The molecule has 1 aliphatic carbocycles. The molecule has 0 bridgehead atoms. The molecular formula is C11H15FO. The van der Waals surface area contributed by atoms with Crippen molar-refractivity contribution >= 4 is 0 Å². The molecule has 0 aromatic rings. The average Bonchev–Trinajstić information content (AvgIpc) is 2.12. The van der Waals surface area contributed by atoms with Gasteiger partial charge in [-0.15, -0.1) is 0 Å². The maximum absolute atomic E-state index is 13.3. The van der Waals surface area contributed by atoms with Crippen LogP contribution < -0.4 is 0 Å². The van der Waals surface area contributed by atoms with Crippen molar-refractivity contribution in [2.24, 2.45) is 5.41 Å². The van der Waals surface area contributed by atoms with Gasteiger partial charge in [0, 0.05) is 5.41 Å². The molecular weight excluding hydrogens is 167 g/mol. The molecule has 0 N–H and O–H groups in total. The van der Waals surface area contributed by atoms with Crippen LogP contribution in [-0.2, 0) is 4.74 Å². The van der Waals surface area contributed by atoms with Crippen molar-refractivity contribution in [3.8, 4) is 0 Å². The van der Waals surface area contributed by atoms with E-state index in [9.17, 15) is 4.39 Å². The van der Waals surface area contributed by atoms with Gasteiger partial charge >= 0.3 is 0 Å². The highest BCUT2D eigenvalue weighted by Crippen LogP contribution is 2.32. The zero-order chi connectivity index (χ0) is 10.1. The highest BCUT2D eigenvalue weighted by Gasteiger charge is 2.20. The van der Waals surface area contributed by atoms with E-state index in [1.54, 1.807) is 6.08 Å². The van der Waals surface area contributed by atoms with Gasteiger partial charge in [-0.25, -0.2) is 4.39 Å². The Labute approximate surface area is 78.6 Å². The summed E-state index contributed by atoms with van der Waals surface area (Å²) in [5, 5.41) is 0. The predicted molar refractivity (Wildman–Crippen MR) is 51.8 cm³/mol. The first-order chi connectivity index (χ1) is 5.97. The van der Waals surface area contributed by atoms with E-state index in [1.165, 1.54) is 13.2 Å². The van der Waals surface area contributed by atoms with Crippen molar-refractivity contribution in [3.63, 3.8) is 0 Å². The van der Waals surface area contributed by atoms with Crippen LogP contribution in [0.15, 0.2) is 35.4 Å². The Hall–Kier alpha value is -1.05. The zero-order valence-electron chi connectivity index (χ0n) is 8.52. The Morgan fingerprint density at radius 3 is 2.54 bits per heavy atom. The van der Waals surface area contributed by atoms with Crippen molar-refractivity contribution in [1.82, 2.24) is 0 Å². The lowest BCUT2D eigenvalue weighted by Crippen LogP contribution is -2.07. The van der Waals surface area contributed by atoms with E-state index in [0.717, 1.165) is 5.57 Å². The molecule has 0 saturated heterocycles. The fraction of sp³-hybridized carbons (Fsp3) is 0.455. The van der Waals surface area contributed by atoms with Gasteiger partial charge in [0.1, 0.15) is 0 Å². The van der Waals surface area contributed by atoms with E-state index in [0.29, 0.717) is 5.76 Å². The van der Waals surface area contributed by atoms with Gasteiger partial charge in [-0.2, -0.15) is 0 Å². The number of allylic oxidation sites excluding steroid dienone is 5. The summed E-state index contributed by atoms with van der Waals surface area (Å²) in [6.07, 6.45) is 5.16. The molecule has 0 aliphatic heterocycles. The Kier molecular flexibility index (Phi) is 2.60. The normalized spacial score (nSPS) is 21.2. The lowest BCUT2D eigenvalue weighted by molar-refractivity contribution is 0.293. The maximum Gasteiger partial charge on any atom is 0.165 e. The minimum absolute atomic E-state index is 0.0996. The van der Waals surface area contributed by atoms with E-state index < -0.39 is 0 Å². The van der Waals surface area contributed by atoms with Crippen LogP contribution in [0, 0.1) is 5.41 Å². The van der Waals surface area contributed by atoms with Gasteiger partial charge in [0.15, 0.2) is 11.6 Å². The third-order valence-corrected chi connectivity index (χ3v) is 2.47. The number of hydrogen-bond donors (Lipinski definition) is 0. The number of halogens is 1. The van der Waals surface area contributed by atoms with Gasteiger partial charge in [-0.1, -0.05) is 25.5 Å². The molecule has 1 aliphatic rings. The minimum atomic E-state index is -0.304. The summed E-state index contributed by atoms with van der Waals surface area (Å²) in [4.78, 5) is 0. The van der Waals surface area contributed by atoms with E-state index >= 15 is 0 Å². The average molecular weight is 182 g/mol. The Bertz CT molecular complexity index is 295. The molecule has 0 radical (unpaired) electrons. The second kappa shape index (κ2) is 3.36. The van der Waals surface area contributed by atoms with Crippen molar-refractivity contribution in [1.29, 1.82) is 0 Å². The topological polar surface area (TPSA) is 9.23 Å². The van der Waals surface area contributed by atoms with E-state index in [4.69, 9.17) is 4.74 Å². The first-order valence-electron chi connectivity index (χ1n) is 4.29. The quantitative estimate of drug-likeness (QED) is 0.604. The lowest BCUT2D eigenvalue weighted by atomic mass is 9.85. The molecule has 0 unspecified atom stereocenters. The summed E-state index contributed by atoms with van der Waals surface area (Å²) in [6.45, 7) is 6.00. The fourth-order valence-electron chi connectivity index (χ4n) is 1.11. The SMILES string of the molecule is COC1=C(F)C=C(C)C(C)(C)C=C1. The molecule has 0 spiro atoms. The van der Waals surface area contributed by atoms with E-state index in [2.05, 4.69) is 0 Å². The highest BCUT2D eigenvalue weighted by molar-refractivity contribution is 5.35. The predicted octanol–water partition coefficient (Wildman–Crippen LogP) is 3.36. The number of ether oxygens (including phenoxy) is 1. The van der Waals surface area contributed by atoms with Gasteiger partial charge in [-0.05, 0) is 19.1 Å². The maximum atomic E-state index is 13.3. The molecule has 2 heteroatoms. The Morgan fingerprint density at radius 1 is 1.38 bits per heavy atom. The first kappa shape index (κ1) is 10.0. The molecule has 0 heterocycles. The van der Waals surface area contributed by atoms with Crippen LogP contribution in [-0.4, -0.2) is 7.11 Å². The molecule has 13 heavy (non-hydrogen) atoms. The second-order valence-electron chi connectivity index (χ2n) is 3.80. The lowest BCUT2D eigenvalue weighted by Gasteiger charge is -2.19. The third-order valence-electron chi connectivity index (χ3n) is 2.47. The van der Waals surface area contributed by atoms with Crippen LogP contribution >= 0.6 is 0 Å². The van der Waals surface area contributed by atoms with Crippen LogP contribution in [0.4, 0.5) is 4.39 Å². The van der Waals surface area contributed by atoms with Crippen LogP contribution in [0.2, 0.25) is 0 Å². The monoisotopic (exact) mass is 182 g/mol. The van der Waals surface area contributed by atoms with Gasteiger partial charge in [0.2, 0.25) is 0 Å². The standard InChI is InChI=1S/C11H15FO/c1-8-7-9(12)10(13-4)5-6-11(8,2)3/h5-7H,1-4H3. The number of hydrogen-bond acceptors (Lipinski definition) is 1. The molecule has 0 aromatic carbocycles. The Balaban J connectivity index is 3.15. The largest absolute Gasteiger partial charge is 0.494 e. The zero-order valence-corrected chi connectivity index (χ0v) is 8.52. The minimum Gasteiger partial charge on any atom is -0.494 e. The van der Waals surface area contributed by atoms with Crippen LogP contribution in [0.3, 0.4) is 0 Å².